The maximum atomic E-state index is 14.5. The quantitative estimate of drug-likeness (QED) is 0.501. The van der Waals surface area contributed by atoms with Gasteiger partial charge in [-0.3, -0.25) is 0 Å². The van der Waals surface area contributed by atoms with Gasteiger partial charge in [-0.2, -0.15) is 14.9 Å². The molecule has 0 aliphatic rings. The van der Waals surface area contributed by atoms with E-state index in [1.165, 1.54) is 67.2 Å². The van der Waals surface area contributed by atoms with Crippen LogP contribution >= 0.6 is 0 Å². The highest BCUT2D eigenvalue weighted by Crippen LogP contribution is 2.33. The molecule has 0 aliphatic carbocycles. The van der Waals surface area contributed by atoms with Crippen LogP contribution in [0.15, 0.2) is 48.8 Å². The highest BCUT2D eigenvalue weighted by molar-refractivity contribution is 5.76. The first kappa shape index (κ1) is 18.6. The van der Waals surface area contributed by atoms with Crippen LogP contribution < -0.4 is 0 Å². The summed E-state index contributed by atoms with van der Waals surface area (Å²) in [5, 5.41) is 13.5. The summed E-state index contributed by atoms with van der Waals surface area (Å²) in [6, 6.07) is 9.96. The Morgan fingerprint density at radius 3 is 2.59 bits per heavy atom. The minimum absolute atomic E-state index is 0.0220. The molecule has 8 heteroatoms. The molecular formula is C21H14F3N5. The zero-order valence-corrected chi connectivity index (χ0v) is 15.5. The average Bonchev–Trinajstić information content (AvgIpc) is 3.11. The van der Waals surface area contributed by atoms with Crippen molar-refractivity contribution in [1.29, 1.82) is 5.26 Å². The Balaban J connectivity index is 1.89. The van der Waals surface area contributed by atoms with Crippen molar-refractivity contribution < 1.29 is 13.2 Å². The number of hydrogen-bond acceptors (Lipinski definition) is 4. The lowest BCUT2D eigenvalue weighted by Gasteiger charge is -2.12. The molecule has 0 bridgehead atoms. The standard InChI is InChI=1S/C21H14F3N5/c1-21(2,24)18-11-27-29-17(10-26-20(29)28-18)12-6-7-15(22)14(8-12)19-13(9-25)4-3-5-16(19)23/h3-8,10-11H,1-2H3. The Kier molecular flexibility index (Phi) is 4.31. The van der Waals surface area contributed by atoms with E-state index in [0.717, 1.165) is 0 Å². The van der Waals surface area contributed by atoms with Crippen molar-refractivity contribution in [2.24, 2.45) is 0 Å². The lowest BCUT2D eigenvalue weighted by Crippen LogP contribution is -2.13. The SMILES string of the molecule is CC(C)(F)c1cnn2c(-c3ccc(F)c(-c4c(F)cccc4C#N)c3)cnc2n1. The van der Waals surface area contributed by atoms with E-state index in [1.54, 1.807) is 0 Å². The molecule has 0 unspecified atom stereocenters. The number of hydrogen-bond donors (Lipinski definition) is 0. The van der Waals surface area contributed by atoms with Gasteiger partial charge in [0.15, 0.2) is 0 Å². The van der Waals surface area contributed by atoms with Gasteiger partial charge in [-0.1, -0.05) is 6.07 Å². The van der Waals surface area contributed by atoms with Gasteiger partial charge in [-0.05, 0) is 44.2 Å². The normalized spacial score (nSPS) is 11.6. The van der Waals surface area contributed by atoms with Crippen molar-refractivity contribution in [3.63, 3.8) is 0 Å². The molecule has 0 N–H and O–H groups in total. The van der Waals surface area contributed by atoms with Crippen LogP contribution in [0.5, 0.6) is 0 Å². The van der Waals surface area contributed by atoms with E-state index in [1.807, 2.05) is 6.07 Å². The fourth-order valence-electron chi connectivity index (χ4n) is 3.03. The van der Waals surface area contributed by atoms with Gasteiger partial charge in [0, 0.05) is 16.7 Å². The number of nitriles is 1. The monoisotopic (exact) mass is 393 g/mol. The molecule has 0 spiro atoms. The fraction of sp³-hybridized carbons (Fsp3) is 0.143. The number of imidazole rings is 1. The predicted octanol–water partition coefficient (Wildman–Crippen LogP) is 4.81. The lowest BCUT2D eigenvalue weighted by molar-refractivity contribution is 0.213. The molecule has 2 heterocycles. The van der Waals surface area contributed by atoms with E-state index in [0.29, 0.717) is 11.3 Å². The van der Waals surface area contributed by atoms with Crippen LogP contribution in [-0.2, 0) is 5.67 Å². The Bertz CT molecular complexity index is 1280. The summed E-state index contributed by atoms with van der Waals surface area (Å²) >= 11 is 0. The minimum Gasteiger partial charge on any atom is -0.238 e. The van der Waals surface area contributed by atoms with Crippen LogP contribution in [0.2, 0.25) is 0 Å². The Morgan fingerprint density at radius 1 is 1.07 bits per heavy atom. The van der Waals surface area contributed by atoms with Crippen LogP contribution in [0.3, 0.4) is 0 Å². The van der Waals surface area contributed by atoms with Crippen molar-refractivity contribution in [2.75, 3.05) is 0 Å². The maximum Gasteiger partial charge on any atom is 0.251 e. The molecule has 0 amide bonds. The maximum absolute atomic E-state index is 14.5. The third-order valence-electron chi connectivity index (χ3n) is 4.51. The fourth-order valence-corrected chi connectivity index (χ4v) is 3.03. The molecular weight excluding hydrogens is 379 g/mol. The molecule has 4 rings (SSSR count). The second-order valence-corrected chi connectivity index (χ2v) is 6.94. The molecule has 0 saturated carbocycles. The van der Waals surface area contributed by atoms with Gasteiger partial charge >= 0.3 is 0 Å². The van der Waals surface area contributed by atoms with Gasteiger partial charge in [0.25, 0.3) is 5.78 Å². The van der Waals surface area contributed by atoms with E-state index in [-0.39, 0.29) is 28.2 Å². The number of fused-ring (bicyclic) bond motifs is 1. The van der Waals surface area contributed by atoms with Crippen LogP contribution in [0.25, 0.3) is 28.2 Å². The number of benzene rings is 2. The van der Waals surface area contributed by atoms with E-state index >= 15 is 0 Å². The number of halogens is 3. The Hall–Kier alpha value is -3.73. The second kappa shape index (κ2) is 6.71. The Morgan fingerprint density at radius 2 is 1.86 bits per heavy atom. The first-order valence-electron chi connectivity index (χ1n) is 8.68. The molecule has 144 valence electrons. The zero-order chi connectivity index (χ0) is 20.8. The molecule has 2 aromatic heterocycles. The summed E-state index contributed by atoms with van der Waals surface area (Å²) in [6.45, 7) is 2.73. The topological polar surface area (TPSA) is 66.9 Å². The summed E-state index contributed by atoms with van der Waals surface area (Å²) in [7, 11) is 0. The summed E-state index contributed by atoms with van der Waals surface area (Å²) in [5.41, 5.74) is -0.741. The number of rotatable bonds is 3. The number of aromatic nitrogens is 4. The van der Waals surface area contributed by atoms with E-state index in [2.05, 4.69) is 15.1 Å². The lowest BCUT2D eigenvalue weighted by atomic mass is 9.97. The molecule has 0 atom stereocenters. The second-order valence-electron chi connectivity index (χ2n) is 6.94. The van der Waals surface area contributed by atoms with E-state index in [4.69, 9.17) is 0 Å². The van der Waals surface area contributed by atoms with Gasteiger partial charge in [-0.25, -0.2) is 23.1 Å². The van der Waals surface area contributed by atoms with Gasteiger partial charge in [0.2, 0.25) is 0 Å². The van der Waals surface area contributed by atoms with Crippen molar-refractivity contribution >= 4 is 5.78 Å². The van der Waals surface area contributed by atoms with Crippen LogP contribution in [0.4, 0.5) is 13.2 Å². The van der Waals surface area contributed by atoms with Crippen molar-refractivity contribution in [2.45, 2.75) is 19.5 Å². The van der Waals surface area contributed by atoms with Gasteiger partial charge < -0.3 is 0 Å². The molecule has 4 aromatic rings. The van der Waals surface area contributed by atoms with E-state index < -0.39 is 17.3 Å². The third kappa shape index (κ3) is 3.21. The largest absolute Gasteiger partial charge is 0.251 e. The average molecular weight is 393 g/mol. The number of alkyl halides is 1. The first-order valence-corrected chi connectivity index (χ1v) is 8.68. The predicted molar refractivity (Wildman–Crippen MR) is 100 cm³/mol. The summed E-state index contributed by atoms with van der Waals surface area (Å²) in [4.78, 5) is 8.32. The van der Waals surface area contributed by atoms with Crippen LogP contribution in [-0.4, -0.2) is 19.6 Å². The third-order valence-corrected chi connectivity index (χ3v) is 4.51. The Labute approximate surface area is 164 Å². The van der Waals surface area contributed by atoms with Crippen molar-refractivity contribution in [1.82, 2.24) is 19.6 Å². The highest BCUT2D eigenvalue weighted by Gasteiger charge is 2.23. The molecule has 0 radical (unpaired) electrons. The van der Waals surface area contributed by atoms with E-state index in [9.17, 15) is 18.4 Å². The molecule has 0 saturated heterocycles. The molecule has 5 nitrogen and oxygen atoms in total. The molecule has 0 aliphatic heterocycles. The van der Waals surface area contributed by atoms with Crippen molar-refractivity contribution in [3.8, 4) is 28.5 Å². The van der Waals surface area contributed by atoms with Gasteiger partial charge in [0.1, 0.15) is 23.0 Å². The number of nitrogens with zero attached hydrogens (tertiary/aromatic N) is 5. The van der Waals surface area contributed by atoms with Crippen LogP contribution in [0.1, 0.15) is 25.1 Å². The van der Waals surface area contributed by atoms with Gasteiger partial charge in [0.05, 0.1) is 29.7 Å². The van der Waals surface area contributed by atoms with Gasteiger partial charge in [-0.15, -0.1) is 0 Å². The highest BCUT2D eigenvalue weighted by atomic mass is 19.1. The van der Waals surface area contributed by atoms with Crippen LogP contribution in [0, 0.1) is 23.0 Å². The molecule has 2 aromatic carbocycles. The zero-order valence-electron chi connectivity index (χ0n) is 15.5. The smallest absolute Gasteiger partial charge is 0.238 e. The minimum atomic E-state index is -1.68. The first-order chi connectivity index (χ1) is 13.8. The summed E-state index contributed by atoms with van der Waals surface area (Å²) < 4.78 is 44.4. The molecule has 29 heavy (non-hydrogen) atoms. The summed E-state index contributed by atoms with van der Waals surface area (Å²) in [6.07, 6.45) is 2.77. The van der Waals surface area contributed by atoms with Crippen molar-refractivity contribution in [3.05, 3.63) is 71.7 Å². The molecule has 0 fully saturated rings. The summed E-state index contributed by atoms with van der Waals surface area (Å²) in [5.74, 6) is -1.19.